The number of amides is 8. The number of nitrogens with one attached hydrogen (secondary N) is 4. The van der Waals surface area contributed by atoms with Crippen LogP contribution in [0, 0.1) is 21.7 Å². The van der Waals surface area contributed by atoms with Gasteiger partial charge < -0.3 is 18.9 Å². The molecule has 8 fully saturated rings. The first kappa shape index (κ1) is 71.8. The van der Waals surface area contributed by atoms with Crippen molar-refractivity contribution < 1.29 is 57.3 Å². The normalized spacial score (nSPS) is 22.7. The minimum absolute atomic E-state index is 0.187. The zero-order valence-electron chi connectivity index (χ0n) is 54.9. The van der Waals surface area contributed by atoms with Gasteiger partial charge in [-0.15, -0.1) is 0 Å². The van der Waals surface area contributed by atoms with Gasteiger partial charge in [0.1, 0.15) is 23.0 Å². The number of hydrogen-bond acceptors (Lipinski definition) is 16. The molecule has 4 aromatic rings. The van der Waals surface area contributed by atoms with Gasteiger partial charge in [0.2, 0.25) is 11.8 Å². The number of benzene rings is 4. The topological polar surface area (TPSA) is 222 Å². The van der Waals surface area contributed by atoms with Crippen LogP contribution in [0.2, 0.25) is 0 Å². The van der Waals surface area contributed by atoms with Gasteiger partial charge in [-0.25, -0.2) is 0 Å². The van der Waals surface area contributed by atoms with Crippen molar-refractivity contribution in [2.45, 2.75) is 192 Å². The molecule has 0 spiro atoms. The molecule has 504 valence electrons. The second kappa shape index (κ2) is 34.5. The molecule has 4 heterocycles. The van der Waals surface area contributed by atoms with E-state index in [9.17, 15) is 38.4 Å². The van der Waals surface area contributed by atoms with Crippen LogP contribution in [0.25, 0.3) is 12.2 Å². The molecule has 20 heteroatoms. The number of carbonyl (C=O) groups is 8. The van der Waals surface area contributed by atoms with Gasteiger partial charge in [-0.05, 0) is 184 Å². The lowest BCUT2D eigenvalue weighted by Crippen LogP contribution is -2.30. The minimum Gasteiger partial charge on any atom is -0.493 e. The third-order valence-electron chi connectivity index (χ3n) is 19.6. The van der Waals surface area contributed by atoms with Gasteiger partial charge in [-0.1, -0.05) is 177 Å². The Morgan fingerprint density at radius 2 is 0.681 bits per heavy atom. The highest BCUT2D eigenvalue weighted by Crippen LogP contribution is 2.42. The summed E-state index contributed by atoms with van der Waals surface area (Å²) < 4.78 is 24.0. The Labute approximate surface area is 571 Å². The van der Waals surface area contributed by atoms with E-state index in [2.05, 4.69) is 49.0 Å². The zero-order valence-corrected chi connectivity index (χ0v) is 58.1. The maximum atomic E-state index is 11.6. The Bertz CT molecular complexity index is 3330. The first-order chi connectivity index (χ1) is 45.3. The van der Waals surface area contributed by atoms with Crippen molar-refractivity contribution in [3.8, 4) is 23.0 Å². The van der Waals surface area contributed by atoms with Crippen molar-refractivity contribution in [2.75, 3.05) is 26.4 Å². The summed E-state index contributed by atoms with van der Waals surface area (Å²) in [6.45, 7) is 12.2. The van der Waals surface area contributed by atoms with Crippen LogP contribution >= 0.6 is 47.0 Å². The van der Waals surface area contributed by atoms with E-state index in [0.29, 0.717) is 38.9 Å². The highest BCUT2D eigenvalue weighted by Gasteiger charge is 2.36. The standard InChI is InChI=1S/C19H25NO3S.C19H23NO3S.C18H23NO3S.C18H21NO3S/c2*1-2-19(10-4-3-5-11-19)13-23-15-8-6-14(7-9-15)12-16-17(21)20-18(22)24-16;2*1-18(9-3-2-4-10-18)12-22-14-7-5-13(6-8-14)11-15-16(20)19-17(21)23-15/h6-9,16H,2-5,10-13H2,1H3,(H,20,21,22);6-9,12H,2-5,10-11,13H2,1H3,(H,20,21,22);5-8,15H,2-4,9-12H2,1H3,(H,19,20,21);5-8,11H,2-4,9-10,12H2,1H3,(H,19,20,21)/b;16-12-;;15-11-. The van der Waals surface area contributed by atoms with Gasteiger partial charge in [0.05, 0.1) is 46.7 Å². The fourth-order valence-electron chi connectivity index (χ4n) is 13.3. The summed E-state index contributed by atoms with van der Waals surface area (Å²) >= 11 is 4.01. The molecular weight excluding hydrogens is 1270 g/mol. The van der Waals surface area contributed by atoms with E-state index in [0.717, 1.165) is 125 Å². The van der Waals surface area contributed by atoms with Crippen LogP contribution in [0.5, 0.6) is 23.0 Å². The molecule has 2 atom stereocenters. The number of carbonyl (C=O) groups excluding carboxylic acids is 8. The molecule has 4 aliphatic carbocycles. The highest BCUT2D eigenvalue weighted by atomic mass is 32.2. The summed E-state index contributed by atoms with van der Waals surface area (Å²) in [5.74, 6) is 2.43. The predicted octanol–water partition coefficient (Wildman–Crippen LogP) is 17.4. The largest absolute Gasteiger partial charge is 0.493 e. The van der Waals surface area contributed by atoms with Crippen molar-refractivity contribution in [1.82, 2.24) is 21.3 Å². The molecule has 4 saturated heterocycles. The SMILES string of the molecule is CC1(COc2ccc(/C=C3\SC(=O)NC3=O)cc2)CCCCC1.CC1(COc2ccc(CC3SC(=O)NC3=O)cc2)CCCCC1.CCC1(COc2ccc(/C=C3\SC(=O)NC3=O)cc2)CCCCC1.CCC1(COc2ccc(CC3SC(=O)NC3=O)cc2)CCCCC1. The first-order valence-electron chi connectivity index (χ1n) is 33.7. The fraction of sp³-hybridized carbons (Fsp3) is 0.514. The molecule has 4 N–H and O–H groups in total. The smallest absolute Gasteiger partial charge is 0.290 e. The molecule has 0 aromatic heterocycles. The molecule has 94 heavy (non-hydrogen) atoms. The molecule has 4 saturated carbocycles. The van der Waals surface area contributed by atoms with Crippen molar-refractivity contribution in [2.24, 2.45) is 21.7 Å². The van der Waals surface area contributed by atoms with Crippen LogP contribution in [0.1, 0.15) is 191 Å². The Balaban J connectivity index is 0.000000148. The lowest BCUT2D eigenvalue weighted by atomic mass is 9.73. The maximum absolute atomic E-state index is 11.6. The van der Waals surface area contributed by atoms with E-state index in [4.69, 9.17) is 18.9 Å². The Morgan fingerprint density at radius 3 is 0.957 bits per heavy atom. The third kappa shape index (κ3) is 21.8. The third-order valence-corrected chi connectivity index (χ3v) is 23.2. The molecule has 12 rings (SSSR count). The van der Waals surface area contributed by atoms with Crippen LogP contribution < -0.4 is 40.2 Å². The van der Waals surface area contributed by atoms with Crippen LogP contribution in [0.4, 0.5) is 19.2 Å². The van der Waals surface area contributed by atoms with Gasteiger partial charge >= 0.3 is 0 Å². The first-order valence-corrected chi connectivity index (χ1v) is 37.1. The molecule has 4 aromatic carbocycles. The summed E-state index contributed by atoms with van der Waals surface area (Å²) in [7, 11) is 0. The van der Waals surface area contributed by atoms with Gasteiger partial charge in [0.15, 0.2) is 0 Å². The van der Waals surface area contributed by atoms with Crippen molar-refractivity contribution in [3.63, 3.8) is 0 Å². The summed E-state index contributed by atoms with van der Waals surface area (Å²) in [4.78, 5) is 91.9. The van der Waals surface area contributed by atoms with Crippen molar-refractivity contribution in [1.29, 1.82) is 0 Å². The monoisotopic (exact) mass is 1360 g/mol. The molecule has 4 aliphatic heterocycles. The van der Waals surface area contributed by atoms with Crippen LogP contribution in [0.15, 0.2) is 107 Å². The number of ether oxygens (including phenoxy) is 4. The summed E-state index contributed by atoms with van der Waals surface area (Å²) in [5.41, 5.74) is 5.13. The number of hydrogen-bond donors (Lipinski definition) is 4. The van der Waals surface area contributed by atoms with E-state index < -0.39 is 0 Å². The van der Waals surface area contributed by atoms with E-state index in [1.54, 1.807) is 12.2 Å². The maximum Gasteiger partial charge on any atom is 0.290 e. The predicted molar refractivity (Wildman–Crippen MR) is 377 cm³/mol. The average molecular weight is 1360 g/mol. The van der Waals surface area contributed by atoms with Gasteiger partial charge in [0.25, 0.3) is 32.8 Å². The van der Waals surface area contributed by atoms with Crippen LogP contribution in [-0.4, -0.2) is 81.5 Å². The Hall–Kier alpha value is -6.48. The van der Waals surface area contributed by atoms with Gasteiger partial charge in [-0.2, -0.15) is 0 Å². The van der Waals surface area contributed by atoms with Crippen molar-refractivity contribution in [3.05, 3.63) is 129 Å². The lowest BCUT2D eigenvalue weighted by Gasteiger charge is -2.36. The van der Waals surface area contributed by atoms with Gasteiger partial charge in [-0.3, -0.25) is 59.6 Å². The van der Waals surface area contributed by atoms with Crippen LogP contribution in [-0.2, 0) is 32.0 Å². The summed E-state index contributed by atoms with van der Waals surface area (Å²) in [6.07, 6.45) is 32.8. The number of imide groups is 4. The molecular formula is C74H92N4O12S4. The molecule has 16 nitrogen and oxygen atoms in total. The Morgan fingerprint density at radius 1 is 0.383 bits per heavy atom. The number of rotatable bonds is 20. The van der Waals surface area contributed by atoms with Crippen molar-refractivity contribution >= 4 is 104 Å². The highest BCUT2D eigenvalue weighted by molar-refractivity contribution is 8.18. The summed E-state index contributed by atoms with van der Waals surface area (Å²) in [6, 6.07) is 31.1. The van der Waals surface area contributed by atoms with Crippen LogP contribution in [0.3, 0.4) is 0 Å². The lowest BCUT2D eigenvalue weighted by molar-refractivity contribution is -0.119. The van der Waals surface area contributed by atoms with E-state index in [-0.39, 0.29) is 60.5 Å². The number of thioether (sulfide) groups is 4. The second-order valence-electron chi connectivity index (χ2n) is 27.0. The minimum atomic E-state index is -0.328. The second-order valence-corrected chi connectivity index (χ2v) is 31.4. The van der Waals surface area contributed by atoms with Gasteiger partial charge in [0, 0.05) is 21.7 Å². The molecule has 0 bridgehead atoms. The molecule has 8 aliphatic rings. The average Bonchev–Trinajstić information content (AvgIpc) is 1.20. The Kier molecular flexibility index (Phi) is 26.3. The molecule has 8 amide bonds. The molecule has 0 radical (unpaired) electrons. The quantitative estimate of drug-likeness (QED) is 0.0604. The molecule has 2 unspecified atom stereocenters. The van der Waals surface area contributed by atoms with E-state index in [1.165, 1.54) is 135 Å². The summed E-state index contributed by atoms with van der Waals surface area (Å²) in [5, 5.41) is 7.40. The van der Waals surface area contributed by atoms with E-state index >= 15 is 0 Å². The fourth-order valence-corrected chi connectivity index (χ4v) is 16.4. The zero-order chi connectivity index (χ0) is 66.6. The van der Waals surface area contributed by atoms with E-state index in [1.807, 2.05) is 97.1 Å².